The van der Waals surface area contributed by atoms with E-state index in [1.165, 1.54) is 0 Å². The van der Waals surface area contributed by atoms with Crippen molar-refractivity contribution >= 4 is 38.7 Å². The van der Waals surface area contributed by atoms with Crippen LogP contribution in [0.15, 0.2) is 68.9 Å². The van der Waals surface area contributed by atoms with Gasteiger partial charge in [-0.05, 0) is 47.5 Å². The van der Waals surface area contributed by atoms with Crippen molar-refractivity contribution in [1.29, 1.82) is 5.26 Å². The van der Waals surface area contributed by atoms with Crippen molar-refractivity contribution in [2.24, 2.45) is 11.1 Å². The summed E-state index contributed by atoms with van der Waals surface area (Å²) in [4.78, 5) is 16.2. The zero-order valence-electron chi connectivity index (χ0n) is 15.7. The highest BCUT2D eigenvalue weighted by atomic mass is 79.9. The van der Waals surface area contributed by atoms with E-state index in [1.54, 1.807) is 11.3 Å². The molecule has 28 heavy (non-hydrogen) atoms. The number of benzene rings is 1. The zero-order chi connectivity index (χ0) is 20.1. The number of carbonyl (C=O) groups excluding carboxylic acids is 1. The first-order valence-electron chi connectivity index (χ1n) is 9.07. The normalized spacial score (nSPS) is 21.6. The molecule has 2 N–H and O–H groups in total. The summed E-state index contributed by atoms with van der Waals surface area (Å²) in [5.41, 5.74) is 9.35. The second-order valence-corrected chi connectivity index (χ2v) is 9.87. The number of hydrogen-bond donors (Lipinski definition) is 1. The molecule has 1 aromatic heterocycles. The van der Waals surface area contributed by atoms with Gasteiger partial charge in [0.15, 0.2) is 5.78 Å². The number of ketones is 1. The second-order valence-electron chi connectivity index (χ2n) is 7.97. The minimum absolute atomic E-state index is 0.104. The number of thiophene rings is 1. The van der Waals surface area contributed by atoms with Gasteiger partial charge in [0.2, 0.25) is 0 Å². The van der Waals surface area contributed by atoms with E-state index in [0.717, 1.165) is 32.7 Å². The summed E-state index contributed by atoms with van der Waals surface area (Å²) in [6.45, 7) is 4.21. The lowest BCUT2D eigenvalue weighted by atomic mass is 9.69. The van der Waals surface area contributed by atoms with Crippen LogP contribution in [-0.2, 0) is 4.79 Å². The van der Waals surface area contributed by atoms with Crippen molar-refractivity contribution in [1.82, 2.24) is 0 Å². The number of halogens is 1. The van der Waals surface area contributed by atoms with Crippen molar-refractivity contribution < 1.29 is 4.79 Å². The Morgan fingerprint density at radius 3 is 2.57 bits per heavy atom. The Labute approximate surface area is 177 Å². The lowest BCUT2D eigenvalue weighted by molar-refractivity contribution is -0.118. The third kappa shape index (κ3) is 3.09. The highest BCUT2D eigenvalue weighted by Crippen LogP contribution is 2.50. The van der Waals surface area contributed by atoms with E-state index in [1.807, 2.05) is 46.7 Å². The van der Waals surface area contributed by atoms with E-state index in [4.69, 9.17) is 5.73 Å². The van der Waals surface area contributed by atoms with Crippen molar-refractivity contribution in [2.45, 2.75) is 32.6 Å². The molecule has 0 radical (unpaired) electrons. The Bertz CT molecular complexity index is 1040. The summed E-state index contributed by atoms with van der Waals surface area (Å²) in [5.74, 6) is 0.134. The maximum absolute atomic E-state index is 13.3. The fourth-order valence-electron chi connectivity index (χ4n) is 4.13. The van der Waals surface area contributed by atoms with Gasteiger partial charge in [-0.25, -0.2) is 0 Å². The molecule has 0 bridgehead atoms. The number of Topliss-reactive ketones (excluding diaryl/α,β-unsaturated/α-hetero) is 1. The lowest BCUT2D eigenvalue weighted by Crippen LogP contribution is -2.42. The summed E-state index contributed by atoms with van der Waals surface area (Å²) in [7, 11) is 0. The summed E-state index contributed by atoms with van der Waals surface area (Å²) in [5, 5.41) is 11.9. The average Bonchev–Trinajstić information content (AvgIpc) is 3.15. The van der Waals surface area contributed by atoms with Gasteiger partial charge in [-0.1, -0.05) is 35.8 Å². The van der Waals surface area contributed by atoms with Gasteiger partial charge in [0.1, 0.15) is 5.82 Å². The first-order valence-corrected chi connectivity index (χ1v) is 10.7. The molecule has 2 heterocycles. The largest absolute Gasteiger partial charge is 0.384 e. The number of anilines is 1. The third-order valence-electron chi connectivity index (χ3n) is 5.29. The zero-order valence-corrected chi connectivity index (χ0v) is 18.1. The molecule has 2 aliphatic rings. The van der Waals surface area contributed by atoms with E-state index in [2.05, 4.69) is 35.8 Å². The average molecular weight is 454 g/mol. The van der Waals surface area contributed by atoms with E-state index in [0.29, 0.717) is 17.8 Å². The van der Waals surface area contributed by atoms with E-state index >= 15 is 0 Å². The molecule has 1 aliphatic carbocycles. The number of carbonyl (C=O) groups is 1. The molecule has 0 saturated carbocycles. The molecule has 4 nitrogen and oxygen atoms in total. The van der Waals surface area contributed by atoms with Crippen LogP contribution in [0, 0.1) is 16.7 Å². The Morgan fingerprint density at radius 1 is 1.25 bits per heavy atom. The molecule has 0 amide bonds. The highest BCUT2D eigenvalue weighted by Gasteiger charge is 2.44. The maximum Gasteiger partial charge on any atom is 0.162 e. The molecule has 4 rings (SSSR count). The van der Waals surface area contributed by atoms with E-state index in [-0.39, 0.29) is 17.1 Å². The van der Waals surface area contributed by atoms with Crippen molar-refractivity contribution in [3.8, 4) is 6.07 Å². The van der Waals surface area contributed by atoms with Crippen LogP contribution >= 0.6 is 27.3 Å². The Hall–Kier alpha value is -2.36. The van der Waals surface area contributed by atoms with Gasteiger partial charge >= 0.3 is 0 Å². The van der Waals surface area contributed by atoms with Crippen LogP contribution in [0.2, 0.25) is 0 Å². The summed E-state index contributed by atoms with van der Waals surface area (Å²) >= 11 is 5.02. The molecule has 6 heteroatoms. The monoisotopic (exact) mass is 453 g/mol. The molecule has 142 valence electrons. The van der Waals surface area contributed by atoms with Gasteiger partial charge in [0.05, 0.1) is 17.6 Å². The number of nitrogens with zero attached hydrogens (tertiary/aromatic N) is 2. The molecule has 1 atom stereocenters. The van der Waals surface area contributed by atoms with Crippen LogP contribution in [0.1, 0.15) is 37.5 Å². The van der Waals surface area contributed by atoms with Crippen molar-refractivity contribution in [3.63, 3.8) is 0 Å². The van der Waals surface area contributed by atoms with Crippen LogP contribution in [0.3, 0.4) is 0 Å². The summed E-state index contributed by atoms with van der Waals surface area (Å²) in [6, 6.07) is 14.0. The van der Waals surface area contributed by atoms with Crippen LogP contribution in [0.5, 0.6) is 0 Å². The predicted molar refractivity (Wildman–Crippen MR) is 116 cm³/mol. The minimum atomic E-state index is -0.379. The summed E-state index contributed by atoms with van der Waals surface area (Å²) in [6.07, 6.45) is 1.20. The number of allylic oxidation sites excluding steroid dienone is 3. The van der Waals surface area contributed by atoms with Crippen molar-refractivity contribution in [3.05, 3.63) is 73.8 Å². The topological polar surface area (TPSA) is 70.1 Å². The molecule has 0 fully saturated rings. The van der Waals surface area contributed by atoms with Crippen molar-refractivity contribution in [2.75, 3.05) is 4.90 Å². The molecule has 0 spiro atoms. The molecule has 1 aromatic carbocycles. The second kappa shape index (κ2) is 6.91. The molecule has 2 aromatic rings. The smallest absolute Gasteiger partial charge is 0.162 e. The maximum atomic E-state index is 13.3. The predicted octanol–water partition coefficient (Wildman–Crippen LogP) is 5.45. The molecule has 1 aliphatic heterocycles. The van der Waals surface area contributed by atoms with Gasteiger partial charge < -0.3 is 5.73 Å². The third-order valence-corrected chi connectivity index (χ3v) is 6.76. The SMILES string of the molecule is CC1(C)CC(=O)C2=C(C1)N(c1ccc(Br)cc1)C(N)=C(C#N)[C@H]2c1cccs1. The Kier molecular flexibility index (Phi) is 4.68. The van der Waals surface area contributed by atoms with Crippen LogP contribution < -0.4 is 10.6 Å². The van der Waals surface area contributed by atoms with E-state index < -0.39 is 0 Å². The lowest BCUT2D eigenvalue weighted by Gasteiger charge is -2.43. The van der Waals surface area contributed by atoms with Gasteiger partial charge in [0, 0.05) is 32.7 Å². The summed E-state index contributed by atoms with van der Waals surface area (Å²) < 4.78 is 0.960. The fourth-order valence-corrected chi connectivity index (χ4v) is 5.24. The first-order chi connectivity index (χ1) is 13.3. The highest BCUT2D eigenvalue weighted by molar-refractivity contribution is 9.10. The number of hydrogen-bond acceptors (Lipinski definition) is 5. The number of nitriles is 1. The van der Waals surface area contributed by atoms with Crippen LogP contribution in [0.25, 0.3) is 0 Å². The molecule has 0 unspecified atom stereocenters. The standard InChI is InChI=1S/C22H20BrN3OS/c1-22(2)10-16-20(17(27)11-22)19(18-4-3-9-28-18)15(12-24)21(25)26(16)14-7-5-13(23)6-8-14/h3-9,19H,10-11,25H2,1-2H3/t19-/m0/s1. The molecular weight excluding hydrogens is 434 g/mol. The minimum Gasteiger partial charge on any atom is -0.384 e. The number of rotatable bonds is 2. The van der Waals surface area contributed by atoms with Crippen LogP contribution in [-0.4, -0.2) is 5.78 Å². The Balaban J connectivity index is 1.99. The first kappa shape index (κ1) is 19.0. The Morgan fingerprint density at radius 2 is 1.96 bits per heavy atom. The van der Waals surface area contributed by atoms with Gasteiger partial charge in [-0.3, -0.25) is 9.69 Å². The van der Waals surface area contributed by atoms with Gasteiger partial charge in [-0.15, -0.1) is 11.3 Å². The quantitative estimate of drug-likeness (QED) is 0.655. The van der Waals surface area contributed by atoms with E-state index in [9.17, 15) is 10.1 Å². The molecule has 0 saturated heterocycles. The van der Waals surface area contributed by atoms with Gasteiger partial charge in [0.25, 0.3) is 0 Å². The fraction of sp³-hybridized carbons (Fsp3) is 0.273. The van der Waals surface area contributed by atoms with Gasteiger partial charge in [-0.2, -0.15) is 5.26 Å². The number of nitrogens with two attached hydrogens (primary N) is 1. The van der Waals surface area contributed by atoms with Crippen LogP contribution in [0.4, 0.5) is 5.69 Å². The molecular formula is C22H20BrN3OS.